The van der Waals surface area contributed by atoms with Crippen molar-refractivity contribution in [3.63, 3.8) is 0 Å². The first kappa shape index (κ1) is 13.7. The lowest BCUT2D eigenvalue weighted by atomic mass is 9.89. The Morgan fingerprint density at radius 3 is 2.71 bits per heavy atom. The number of aromatic nitrogens is 1. The van der Waals surface area contributed by atoms with Crippen LogP contribution in [0.25, 0.3) is 11.1 Å². The summed E-state index contributed by atoms with van der Waals surface area (Å²) in [5, 5.41) is 3.03. The first-order valence-corrected chi connectivity index (χ1v) is 7.34. The van der Waals surface area contributed by atoms with E-state index in [0.717, 1.165) is 53.0 Å². The molecule has 2 N–H and O–H groups in total. The summed E-state index contributed by atoms with van der Waals surface area (Å²) in [5.41, 5.74) is 13.9. The first-order chi connectivity index (χ1) is 10.1. The number of nitrogens with two attached hydrogens (primary N) is 1. The molecule has 0 aliphatic heterocycles. The number of hydrogen-bond acceptors (Lipinski definition) is 4. The van der Waals surface area contributed by atoms with E-state index in [0.29, 0.717) is 5.69 Å². The van der Waals surface area contributed by atoms with Crippen LogP contribution in [-0.4, -0.2) is 4.98 Å². The number of nitroso groups, excluding NO2 is 1. The summed E-state index contributed by atoms with van der Waals surface area (Å²) in [6, 6.07) is 5.44. The Morgan fingerprint density at radius 1 is 1.19 bits per heavy atom. The average Bonchev–Trinajstić information content (AvgIpc) is 2.49. The predicted molar refractivity (Wildman–Crippen MR) is 85.7 cm³/mol. The molecule has 4 heteroatoms. The van der Waals surface area contributed by atoms with Crippen LogP contribution in [0.2, 0.25) is 0 Å². The third-order valence-electron chi connectivity index (χ3n) is 4.29. The molecule has 1 aliphatic rings. The molecular formula is C17H19N3O. The van der Waals surface area contributed by atoms with Gasteiger partial charge in [0.2, 0.25) is 0 Å². The highest BCUT2D eigenvalue weighted by atomic mass is 16.3. The minimum atomic E-state index is 0.423. The van der Waals surface area contributed by atoms with E-state index in [9.17, 15) is 4.91 Å². The van der Waals surface area contributed by atoms with E-state index in [4.69, 9.17) is 10.7 Å². The quantitative estimate of drug-likeness (QED) is 0.838. The van der Waals surface area contributed by atoms with Crippen molar-refractivity contribution in [3.05, 3.63) is 45.6 Å². The number of benzene rings is 1. The third kappa shape index (κ3) is 2.31. The molecular weight excluding hydrogens is 262 g/mol. The fourth-order valence-corrected chi connectivity index (χ4v) is 3.18. The molecule has 0 saturated heterocycles. The monoisotopic (exact) mass is 281 g/mol. The number of hydrogen-bond donors (Lipinski definition) is 1. The van der Waals surface area contributed by atoms with E-state index >= 15 is 0 Å². The summed E-state index contributed by atoms with van der Waals surface area (Å²) < 4.78 is 0. The number of fused-ring (bicyclic) bond motifs is 1. The molecule has 0 saturated carbocycles. The normalized spacial score (nSPS) is 13.8. The first-order valence-electron chi connectivity index (χ1n) is 7.34. The Hall–Kier alpha value is -2.23. The number of rotatable bonds is 2. The zero-order valence-electron chi connectivity index (χ0n) is 12.4. The third-order valence-corrected chi connectivity index (χ3v) is 4.29. The molecule has 0 unspecified atom stereocenters. The molecule has 0 atom stereocenters. The maximum Gasteiger partial charge on any atom is 0.108 e. The molecule has 0 spiro atoms. The Bertz CT molecular complexity index is 722. The smallest absolute Gasteiger partial charge is 0.108 e. The summed E-state index contributed by atoms with van der Waals surface area (Å²) in [7, 11) is 0. The van der Waals surface area contributed by atoms with Crippen LogP contribution in [0, 0.1) is 18.8 Å². The molecule has 1 aromatic heterocycles. The van der Waals surface area contributed by atoms with Crippen LogP contribution >= 0.6 is 0 Å². The van der Waals surface area contributed by atoms with Crippen LogP contribution < -0.4 is 5.73 Å². The van der Waals surface area contributed by atoms with Crippen LogP contribution in [0.5, 0.6) is 0 Å². The Morgan fingerprint density at radius 2 is 1.95 bits per heavy atom. The zero-order chi connectivity index (χ0) is 15.0. The summed E-state index contributed by atoms with van der Waals surface area (Å²) in [6.45, 7) is 4.00. The summed E-state index contributed by atoms with van der Waals surface area (Å²) in [6.07, 6.45) is 4.35. The summed E-state index contributed by atoms with van der Waals surface area (Å²) in [5.74, 6) is 0. The van der Waals surface area contributed by atoms with Gasteiger partial charge in [-0.3, -0.25) is 4.98 Å². The van der Waals surface area contributed by atoms with Gasteiger partial charge in [0.15, 0.2) is 0 Å². The molecule has 1 aromatic carbocycles. The lowest BCUT2D eigenvalue weighted by Gasteiger charge is -2.22. The molecule has 21 heavy (non-hydrogen) atoms. The van der Waals surface area contributed by atoms with E-state index in [-0.39, 0.29) is 0 Å². The minimum Gasteiger partial charge on any atom is -0.398 e. The molecule has 4 nitrogen and oxygen atoms in total. The number of aryl methyl sites for hydroxylation is 3. The van der Waals surface area contributed by atoms with Gasteiger partial charge in [0, 0.05) is 22.6 Å². The number of nitrogens with zero attached hydrogens (tertiary/aromatic N) is 2. The van der Waals surface area contributed by atoms with Crippen molar-refractivity contribution >= 4 is 11.4 Å². The predicted octanol–water partition coefficient (Wildman–Crippen LogP) is 4.22. The van der Waals surface area contributed by atoms with Gasteiger partial charge in [0.25, 0.3) is 0 Å². The second-order valence-electron chi connectivity index (χ2n) is 5.71. The van der Waals surface area contributed by atoms with Crippen LogP contribution in [0.1, 0.15) is 35.4 Å². The van der Waals surface area contributed by atoms with E-state index in [1.165, 1.54) is 12.0 Å². The lowest BCUT2D eigenvalue weighted by Crippen LogP contribution is -2.12. The second kappa shape index (κ2) is 5.28. The zero-order valence-corrected chi connectivity index (χ0v) is 12.4. The molecule has 2 aromatic rings. The number of anilines is 1. The Kier molecular flexibility index (Phi) is 3.45. The fourth-order valence-electron chi connectivity index (χ4n) is 3.18. The van der Waals surface area contributed by atoms with E-state index in [2.05, 4.69) is 5.18 Å². The van der Waals surface area contributed by atoms with Crippen molar-refractivity contribution in [2.24, 2.45) is 5.18 Å². The number of pyridine rings is 1. The maximum absolute atomic E-state index is 10.8. The molecule has 0 fully saturated rings. The average molecular weight is 281 g/mol. The van der Waals surface area contributed by atoms with Crippen LogP contribution in [-0.2, 0) is 12.8 Å². The van der Waals surface area contributed by atoms with Crippen molar-refractivity contribution in [1.29, 1.82) is 0 Å². The van der Waals surface area contributed by atoms with Gasteiger partial charge in [-0.15, -0.1) is 4.91 Å². The highest BCUT2D eigenvalue weighted by molar-refractivity contribution is 5.84. The van der Waals surface area contributed by atoms with Gasteiger partial charge in [0.1, 0.15) is 5.69 Å². The molecule has 3 rings (SSSR count). The van der Waals surface area contributed by atoms with Crippen LogP contribution in [0.4, 0.5) is 11.4 Å². The van der Waals surface area contributed by atoms with Crippen molar-refractivity contribution < 1.29 is 0 Å². The SMILES string of the molecule is Cc1ccc(N=O)cc1-c1c(C)nc2c(c1N)CCCC2. The van der Waals surface area contributed by atoms with E-state index in [1.807, 2.05) is 19.9 Å². The Balaban J connectivity index is 2.25. The van der Waals surface area contributed by atoms with Crippen LogP contribution in [0.15, 0.2) is 23.4 Å². The van der Waals surface area contributed by atoms with Crippen molar-refractivity contribution in [2.75, 3.05) is 5.73 Å². The van der Waals surface area contributed by atoms with Gasteiger partial charge < -0.3 is 5.73 Å². The van der Waals surface area contributed by atoms with Crippen molar-refractivity contribution in [3.8, 4) is 11.1 Å². The summed E-state index contributed by atoms with van der Waals surface area (Å²) >= 11 is 0. The molecule has 108 valence electrons. The summed E-state index contributed by atoms with van der Waals surface area (Å²) in [4.78, 5) is 15.6. The van der Waals surface area contributed by atoms with Gasteiger partial charge in [-0.1, -0.05) is 6.07 Å². The minimum absolute atomic E-state index is 0.423. The maximum atomic E-state index is 10.8. The number of nitrogen functional groups attached to an aromatic ring is 1. The molecule has 0 radical (unpaired) electrons. The van der Waals surface area contributed by atoms with E-state index in [1.54, 1.807) is 12.1 Å². The van der Waals surface area contributed by atoms with Gasteiger partial charge in [-0.2, -0.15) is 0 Å². The highest BCUT2D eigenvalue weighted by Crippen LogP contribution is 2.38. The van der Waals surface area contributed by atoms with Gasteiger partial charge in [-0.05, 0) is 73.5 Å². The lowest BCUT2D eigenvalue weighted by molar-refractivity contribution is 0.668. The largest absolute Gasteiger partial charge is 0.398 e. The second-order valence-corrected chi connectivity index (χ2v) is 5.71. The van der Waals surface area contributed by atoms with E-state index < -0.39 is 0 Å². The topological polar surface area (TPSA) is 68.3 Å². The van der Waals surface area contributed by atoms with Crippen LogP contribution in [0.3, 0.4) is 0 Å². The van der Waals surface area contributed by atoms with Gasteiger partial charge in [0.05, 0.1) is 0 Å². The molecule has 1 aliphatic carbocycles. The molecule has 0 amide bonds. The fraction of sp³-hybridized carbons (Fsp3) is 0.353. The standard InChI is InChI=1S/C17H19N3O/c1-10-7-8-12(20-21)9-14(10)16-11(2)19-15-6-4-3-5-13(15)17(16)18/h7-9H,3-6H2,1-2H3,(H2,18,19). The van der Waals surface area contributed by atoms with Gasteiger partial charge in [-0.25, -0.2) is 0 Å². The van der Waals surface area contributed by atoms with Crippen molar-refractivity contribution in [1.82, 2.24) is 4.98 Å². The van der Waals surface area contributed by atoms with Crippen molar-refractivity contribution in [2.45, 2.75) is 39.5 Å². The highest BCUT2D eigenvalue weighted by Gasteiger charge is 2.20. The molecule has 1 heterocycles. The van der Waals surface area contributed by atoms with Gasteiger partial charge >= 0.3 is 0 Å². The Labute approximate surface area is 124 Å². The molecule has 0 bridgehead atoms.